The van der Waals surface area contributed by atoms with E-state index in [4.69, 9.17) is 47.6 Å². The third kappa shape index (κ3) is 10.7. The van der Waals surface area contributed by atoms with Gasteiger partial charge in [0.05, 0.1) is 33.2 Å². The quantitative estimate of drug-likeness (QED) is 0.130. The van der Waals surface area contributed by atoms with E-state index in [9.17, 15) is 0 Å². The zero-order valence-corrected chi connectivity index (χ0v) is 60.9. The first-order valence-electron chi connectivity index (χ1n) is 38.0. The Hall–Kier alpha value is -15.7. The Kier molecular flexibility index (Phi) is 14.7. The number of aromatic nitrogens is 8. The van der Waals surface area contributed by atoms with Gasteiger partial charge in [0.2, 0.25) is 0 Å². The van der Waals surface area contributed by atoms with Crippen molar-refractivity contribution in [1.29, 1.82) is 0 Å². The van der Waals surface area contributed by atoms with Gasteiger partial charge in [-0.2, -0.15) is 0 Å². The van der Waals surface area contributed by atoms with Crippen molar-refractivity contribution in [1.82, 2.24) is 39.0 Å². The second-order valence-corrected chi connectivity index (χ2v) is 28.8. The third-order valence-electron chi connectivity index (χ3n) is 22.1. The minimum atomic E-state index is 0.533. The molecule has 0 fully saturated rings. The van der Waals surface area contributed by atoms with Crippen molar-refractivity contribution in [3.63, 3.8) is 0 Å². The summed E-state index contributed by atoms with van der Waals surface area (Å²) < 4.78 is 30.9. The van der Waals surface area contributed by atoms with Crippen LogP contribution in [0, 0.1) is 0 Å². The summed E-state index contributed by atoms with van der Waals surface area (Å²) in [6, 6.07) is 126. The van der Waals surface area contributed by atoms with Crippen molar-refractivity contribution in [2.75, 3.05) is 0 Å². The fourth-order valence-corrected chi connectivity index (χ4v) is 16.7. The van der Waals surface area contributed by atoms with Gasteiger partial charge in [-0.3, -0.25) is 0 Å². The minimum absolute atomic E-state index is 0.533. The van der Waals surface area contributed by atoms with Gasteiger partial charge in [0.1, 0.15) is 44.7 Å². The predicted molar refractivity (Wildman–Crippen MR) is 461 cm³/mol. The largest absolute Gasteiger partial charge is 0.456 e. The minimum Gasteiger partial charge on any atom is -0.456 e. The Morgan fingerprint density at radius 1 is 0.167 bits per heavy atom. The second-order valence-electron chi connectivity index (χ2n) is 28.8. The summed E-state index contributed by atoms with van der Waals surface area (Å²) >= 11 is 0. The van der Waals surface area contributed by atoms with Crippen molar-refractivity contribution in [2.24, 2.45) is 0 Å². The average Bonchev–Trinajstić information content (AvgIpc) is 1.57. The van der Waals surface area contributed by atoms with E-state index in [-0.39, 0.29) is 0 Å². The predicted octanol–water partition coefficient (Wildman–Crippen LogP) is 26.9. The molecule has 532 valence electrons. The summed E-state index contributed by atoms with van der Waals surface area (Å²) in [7, 11) is 0. The van der Waals surface area contributed by atoms with E-state index in [1.807, 2.05) is 127 Å². The van der Waals surface area contributed by atoms with Gasteiger partial charge < -0.3 is 26.8 Å². The molecular formula is C102H60N8O4. The van der Waals surface area contributed by atoms with E-state index in [0.29, 0.717) is 34.9 Å². The molecule has 0 amide bonds. The molecule has 24 aromatic rings. The van der Waals surface area contributed by atoms with E-state index in [0.717, 1.165) is 171 Å². The maximum absolute atomic E-state index is 6.84. The molecule has 0 radical (unpaired) electrons. The lowest BCUT2D eigenvalue weighted by Gasteiger charge is -2.10. The van der Waals surface area contributed by atoms with Crippen molar-refractivity contribution < 1.29 is 17.7 Å². The molecule has 24 rings (SSSR count). The molecule has 8 heterocycles. The molecule has 16 aromatic carbocycles. The number of para-hydroxylation sites is 6. The molecule has 0 spiro atoms. The van der Waals surface area contributed by atoms with Crippen LogP contribution in [0.5, 0.6) is 0 Å². The van der Waals surface area contributed by atoms with Crippen molar-refractivity contribution in [3.8, 4) is 102 Å². The molecule has 0 bridgehead atoms. The van der Waals surface area contributed by atoms with Gasteiger partial charge >= 0.3 is 0 Å². The van der Waals surface area contributed by atoms with Crippen LogP contribution >= 0.6 is 0 Å². The summed E-state index contributed by atoms with van der Waals surface area (Å²) in [6.07, 6.45) is 0. The Morgan fingerprint density at radius 2 is 0.509 bits per heavy atom. The lowest BCUT2D eigenvalue weighted by molar-refractivity contribution is 0.668. The Bertz CT molecular complexity index is 7980. The standard InChI is InChI=1S/2C51H30N4O2/c1-3-13-31(14-4-1)33-17-11-18-35(27-33)55-43-23-9-7-19-36(43)41-30-47-42(29-44(41)55)39-21-12-22-40(48(39)57-47)51-53-49(32-15-5-2-6-16-32)52-50(54-51)34-25-26-38-37-20-8-10-24-45(37)56-46(38)28-34;1-3-12-31(13-4-1)32-22-25-35(26-23-32)55-43-20-9-7-16-36(43)41-30-47-42(29-44(41)55)39-18-11-19-40(48(39)57-47)51-53-49(33-14-5-2-6-15-33)52-50(54-51)34-24-27-38-37-17-8-10-21-45(37)56-46(38)28-34/h2*1-30H. The summed E-state index contributed by atoms with van der Waals surface area (Å²) in [4.78, 5) is 30.4. The normalized spacial score (nSPS) is 11.9. The van der Waals surface area contributed by atoms with Crippen LogP contribution in [-0.2, 0) is 0 Å². The molecule has 114 heavy (non-hydrogen) atoms. The van der Waals surface area contributed by atoms with Crippen molar-refractivity contribution in [3.05, 3.63) is 364 Å². The number of benzene rings is 16. The van der Waals surface area contributed by atoms with Crippen LogP contribution in [0.2, 0.25) is 0 Å². The summed E-state index contributed by atoms with van der Waals surface area (Å²) in [6.45, 7) is 0. The highest BCUT2D eigenvalue weighted by atomic mass is 16.3. The van der Waals surface area contributed by atoms with Gasteiger partial charge in [-0.25, -0.2) is 29.9 Å². The lowest BCUT2D eigenvalue weighted by Crippen LogP contribution is -2.00. The Labute approximate surface area is 650 Å². The average molecular weight is 1460 g/mol. The molecule has 8 aromatic heterocycles. The number of fused-ring (bicyclic) bond motifs is 18. The van der Waals surface area contributed by atoms with Gasteiger partial charge in [-0.05, 0) is 131 Å². The molecule has 0 atom stereocenters. The first-order chi connectivity index (χ1) is 56.5. The van der Waals surface area contributed by atoms with Crippen LogP contribution in [0.15, 0.2) is 382 Å². The van der Waals surface area contributed by atoms with E-state index >= 15 is 0 Å². The number of furan rings is 4. The maximum atomic E-state index is 6.84. The number of hydrogen-bond acceptors (Lipinski definition) is 10. The molecule has 0 saturated heterocycles. The molecule has 0 aliphatic rings. The van der Waals surface area contributed by atoms with Crippen LogP contribution in [-0.4, -0.2) is 39.0 Å². The lowest BCUT2D eigenvalue weighted by atomic mass is 10.0. The highest BCUT2D eigenvalue weighted by molar-refractivity contribution is 6.20. The van der Waals surface area contributed by atoms with Crippen molar-refractivity contribution >= 4 is 131 Å². The first kappa shape index (κ1) is 64.3. The fourth-order valence-electron chi connectivity index (χ4n) is 16.7. The Balaban J connectivity index is 0.000000135. The smallest absolute Gasteiger partial charge is 0.167 e. The molecule has 12 heteroatoms. The number of rotatable bonds is 10. The maximum Gasteiger partial charge on any atom is 0.167 e. The van der Waals surface area contributed by atoms with E-state index in [2.05, 4.69) is 246 Å². The van der Waals surface area contributed by atoms with Crippen molar-refractivity contribution in [2.45, 2.75) is 0 Å². The fraction of sp³-hybridized carbons (Fsp3) is 0. The van der Waals surface area contributed by atoms with Gasteiger partial charge in [0, 0.05) is 98.3 Å². The van der Waals surface area contributed by atoms with E-state index in [1.54, 1.807) is 0 Å². The first-order valence-corrected chi connectivity index (χ1v) is 38.0. The summed E-state index contributed by atoms with van der Waals surface area (Å²) in [5, 5.41) is 12.9. The summed E-state index contributed by atoms with van der Waals surface area (Å²) in [5.41, 5.74) is 22.8. The molecule has 0 aliphatic heterocycles. The molecule has 12 nitrogen and oxygen atoms in total. The topological polar surface area (TPSA) is 140 Å². The number of hydrogen-bond donors (Lipinski definition) is 0. The highest BCUT2D eigenvalue weighted by Crippen LogP contribution is 2.45. The van der Waals surface area contributed by atoms with Gasteiger partial charge in [-0.15, -0.1) is 0 Å². The van der Waals surface area contributed by atoms with Crippen LogP contribution in [0.1, 0.15) is 0 Å². The van der Waals surface area contributed by atoms with E-state index in [1.165, 1.54) is 27.6 Å². The molecule has 0 aliphatic carbocycles. The van der Waals surface area contributed by atoms with Crippen LogP contribution in [0.25, 0.3) is 233 Å². The summed E-state index contributed by atoms with van der Waals surface area (Å²) in [5.74, 6) is 3.34. The SMILES string of the molecule is c1ccc(-c2ccc(-n3c4ccccc4c4cc5oc6c(-c7nc(-c8ccccc8)nc(-c8ccc9c(c8)oc8ccccc89)n7)cccc6c5cc43)cc2)cc1.c1ccc(-c2cccc(-n3c4ccccc4c4cc5oc6c(-c7nc(-c8ccccc8)nc(-c8ccc9c(c8)oc8ccccc89)n7)cccc6c5cc43)c2)cc1. The van der Waals surface area contributed by atoms with E-state index < -0.39 is 0 Å². The van der Waals surface area contributed by atoms with Crippen LogP contribution < -0.4 is 0 Å². The van der Waals surface area contributed by atoms with Gasteiger partial charge in [0.15, 0.2) is 34.9 Å². The highest BCUT2D eigenvalue weighted by Gasteiger charge is 2.25. The molecule has 0 saturated carbocycles. The zero-order valence-electron chi connectivity index (χ0n) is 60.9. The zero-order chi connectivity index (χ0) is 74.9. The van der Waals surface area contributed by atoms with Gasteiger partial charge in [-0.1, -0.05) is 255 Å². The Morgan fingerprint density at radius 3 is 0.991 bits per heavy atom. The molecule has 0 N–H and O–H groups in total. The molecule has 0 unspecified atom stereocenters. The van der Waals surface area contributed by atoms with Crippen LogP contribution in [0.3, 0.4) is 0 Å². The van der Waals surface area contributed by atoms with Gasteiger partial charge in [0.25, 0.3) is 0 Å². The molecular weight excluding hydrogens is 1400 g/mol. The third-order valence-corrected chi connectivity index (χ3v) is 22.1. The monoisotopic (exact) mass is 1460 g/mol. The number of nitrogens with zero attached hydrogens (tertiary/aromatic N) is 8. The van der Waals surface area contributed by atoms with Crippen LogP contribution in [0.4, 0.5) is 0 Å². The second kappa shape index (κ2) is 26.0.